The summed E-state index contributed by atoms with van der Waals surface area (Å²) in [6.07, 6.45) is 2.97. The van der Waals surface area contributed by atoms with Crippen LogP contribution in [0.15, 0.2) is 29.8 Å². The van der Waals surface area contributed by atoms with Crippen LogP contribution in [-0.2, 0) is 4.74 Å². The number of hydrogen-bond acceptors (Lipinski definition) is 2. The molecule has 0 aromatic carbocycles. The molecule has 1 saturated heterocycles. The van der Waals surface area contributed by atoms with Gasteiger partial charge in [0, 0.05) is 19.6 Å². The molecule has 1 fully saturated rings. The van der Waals surface area contributed by atoms with Crippen molar-refractivity contribution in [3.05, 3.63) is 29.8 Å². The molecule has 13 heavy (non-hydrogen) atoms. The van der Waals surface area contributed by atoms with E-state index in [-0.39, 0.29) is 0 Å². The lowest BCUT2D eigenvalue weighted by Gasteiger charge is -2.25. The fraction of sp³-hybridized carbons (Fsp3) is 0.545. The van der Waals surface area contributed by atoms with E-state index in [1.54, 1.807) is 0 Å². The Labute approximate surface area is 79.5 Å². The molecule has 1 rings (SSSR count). The first kappa shape index (κ1) is 10.1. The molecule has 0 saturated carbocycles. The Morgan fingerprint density at radius 2 is 2.15 bits per heavy atom. The van der Waals surface area contributed by atoms with Crippen molar-refractivity contribution in [1.29, 1.82) is 0 Å². The maximum atomic E-state index is 5.25. The quantitative estimate of drug-likeness (QED) is 0.603. The average Bonchev–Trinajstić information content (AvgIpc) is 2.19. The summed E-state index contributed by atoms with van der Waals surface area (Å²) in [6.45, 7) is 8.32. The van der Waals surface area contributed by atoms with Crippen LogP contribution >= 0.6 is 0 Å². The molecule has 0 atom stereocenters. The zero-order valence-corrected chi connectivity index (χ0v) is 7.88. The van der Waals surface area contributed by atoms with Crippen LogP contribution in [0.25, 0.3) is 0 Å². The van der Waals surface area contributed by atoms with Crippen molar-refractivity contribution in [2.45, 2.75) is 6.42 Å². The summed E-state index contributed by atoms with van der Waals surface area (Å²) in [5.41, 5.74) is 8.07. The number of rotatable bonds is 3. The molecule has 1 aliphatic heterocycles. The summed E-state index contributed by atoms with van der Waals surface area (Å²) in [5.74, 6) is 0. The molecule has 0 radical (unpaired) electrons. The zero-order valence-electron chi connectivity index (χ0n) is 7.88. The molecule has 0 amide bonds. The van der Waals surface area contributed by atoms with Crippen LogP contribution < -0.4 is 0 Å². The van der Waals surface area contributed by atoms with Gasteiger partial charge in [-0.2, -0.15) is 0 Å². The van der Waals surface area contributed by atoms with E-state index in [1.807, 2.05) is 6.08 Å². The SMILES string of the molecule is C=C=C=C=CCCN1CCOCC1. The smallest absolute Gasteiger partial charge is 0.0594 e. The Morgan fingerprint density at radius 1 is 1.38 bits per heavy atom. The molecule has 0 spiro atoms. The first-order chi connectivity index (χ1) is 6.43. The standard InChI is InChI=1S/C11H15NO/c1-2-3-4-5-6-7-12-8-10-13-11-9-12/h5H,1,6-11H2. The van der Waals surface area contributed by atoms with Crippen molar-refractivity contribution in [2.75, 3.05) is 32.8 Å². The van der Waals surface area contributed by atoms with E-state index in [2.05, 4.69) is 28.7 Å². The monoisotopic (exact) mass is 177 g/mol. The molecule has 0 aromatic heterocycles. The maximum Gasteiger partial charge on any atom is 0.0594 e. The highest BCUT2D eigenvalue weighted by Crippen LogP contribution is 1.97. The number of morpholine rings is 1. The summed E-state index contributed by atoms with van der Waals surface area (Å²) in [7, 11) is 0. The fourth-order valence-electron chi connectivity index (χ4n) is 1.25. The molecule has 2 nitrogen and oxygen atoms in total. The molecule has 70 valence electrons. The third-order valence-corrected chi connectivity index (χ3v) is 1.96. The third-order valence-electron chi connectivity index (χ3n) is 1.96. The van der Waals surface area contributed by atoms with Gasteiger partial charge in [-0.1, -0.05) is 11.5 Å². The van der Waals surface area contributed by atoms with Crippen molar-refractivity contribution < 1.29 is 4.74 Å². The Bertz CT molecular complexity index is 247. The zero-order chi connectivity index (χ0) is 9.36. The summed E-state index contributed by atoms with van der Waals surface area (Å²) in [4.78, 5) is 2.39. The van der Waals surface area contributed by atoms with Gasteiger partial charge in [0.25, 0.3) is 0 Å². The van der Waals surface area contributed by atoms with Gasteiger partial charge in [-0.3, -0.25) is 4.90 Å². The average molecular weight is 177 g/mol. The second kappa shape index (κ2) is 6.51. The van der Waals surface area contributed by atoms with Crippen molar-refractivity contribution in [2.24, 2.45) is 0 Å². The lowest BCUT2D eigenvalue weighted by Crippen LogP contribution is -2.36. The van der Waals surface area contributed by atoms with Crippen LogP contribution in [0.3, 0.4) is 0 Å². The lowest BCUT2D eigenvalue weighted by molar-refractivity contribution is 0.0387. The van der Waals surface area contributed by atoms with Crippen LogP contribution in [0.5, 0.6) is 0 Å². The highest BCUT2D eigenvalue weighted by Gasteiger charge is 2.07. The van der Waals surface area contributed by atoms with Crippen molar-refractivity contribution in [3.8, 4) is 0 Å². The van der Waals surface area contributed by atoms with Gasteiger partial charge in [0.15, 0.2) is 0 Å². The van der Waals surface area contributed by atoms with Gasteiger partial charge in [0.1, 0.15) is 0 Å². The Kier molecular flexibility index (Phi) is 5.05. The van der Waals surface area contributed by atoms with E-state index in [4.69, 9.17) is 4.74 Å². The lowest BCUT2D eigenvalue weighted by atomic mass is 10.3. The summed E-state index contributed by atoms with van der Waals surface area (Å²) >= 11 is 0. The van der Waals surface area contributed by atoms with Crippen molar-refractivity contribution >= 4 is 0 Å². The first-order valence-corrected chi connectivity index (χ1v) is 4.58. The predicted molar refractivity (Wildman–Crippen MR) is 52.6 cm³/mol. The Hall–Kier alpha value is -1.00. The number of ether oxygens (including phenoxy) is 1. The second-order valence-electron chi connectivity index (χ2n) is 2.89. The summed E-state index contributed by atoms with van der Waals surface area (Å²) < 4.78 is 5.25. The summed E-state index contributed by atoms with van der Waals surface area (Å²) in [5, 5.41) is 0. The largest absolute Gasteiger partial charge is 0.379 e. The highest BCUT2D eigenvalue weighted by atomic mass is 16.5. The first-order valence-electron chi connectivity index (χ1n) is 4.58. The third kappa shape index (κ3) is 4.55. The fourth-order valence-corrected chi connectivity index (χ4v) is 1.25. The van der Waals surface area contributed by atoms with E-state index < -0.39 is 0 Å². The molecule has 0 aromatic rings. The molecular formula is C11H15NO. The molecular weight excluding hydrogens is 162 g/mol. The van der Waals surface area contributed by atoms with E-state index in [1.165, 1.54) is 0 Å². The van der Waals surface area contributed by atoms with Gasteiger partial charge in [-0.05, 0) is 24.8 Å². The molecule has 1 heterocycles. The molecule has 0 unspecified atom stereocenters. The number of hydrogen-bond donors (Lipinski definition) is 0. The van der Waals surface area contributed by atoms with Gasteiger partial charge < -0.3 is 4.74 Å². The van der Waals surface area contributed by atoms with Gasteiger partial charge in [0.05, 0.1) is 13.2 Å². The van der Waals surface area contributed by atoms with Crippen LogP contribution in [0.4, 0.5) is 0 Å². The van der Waals surface area contributed by atoms with Crippen molar-refractivity contribution in [1.82, 2.24) is 4.90 Å². The van der Waals surface area contributed by atoms with E-state index >= 15 is 0 Å². The van der Waals surface area contributed by atoms with Crippen LogP contribution in [0.1, 0.15) is 6.42 Å². The molecule has 0 bridgehead atoms. The van der Waals surface area contributed by atoms with Gasteiger partial charge in [-0.25, -0.2) is 0 Å². The number of nitrogens with zero attached hydrogens (tertiary/aromatic N) is 1. The minimum absolute atomic E-state index is 0.867. The predicted octanol–water partition coefficient (Wildman–Crippen LogP) is 1.36. The molecule has 1 aliphatic rings. The van der Waals surface area contributed by atoms with Crippen LogP contribution in [0.2, 0.25) is 0 Å². The second-order valence-corrected chi connectivity index (χ2v) is 2.89. The molecule has 0 aliphatic carbocycles. The minimum Gasteiger partial charge on any atom is -0.379 e. The highest BCUT2D eigenvalue weighted by molar-refractivity contribution is 4.84. The van der Waals surface area contributed by atoms with E-state index in [9.17, 15) is 0 Å². The topological polar surface area (TPSA) is 12.5 Å². The summed E-state index contributed by atoms with van der Waals surface area (Å²) in [6, 6.07) is 0. The van der Waals surface area contributed by atoms with Crippen LogP contribution in [-0.4, -0.2) is 37.7 Å². The molecule has 2 heteroatoms. The van der Waals surface area contributed by atoms with Gasteiger partial charge >= 0.3 is 0 Å². The van der Waals surface area contributed by atoms with Gasteiger partial charge in [0.2, 0.25) is 0 Å². The normalized spacial score (nSPS) is 16.9. The van der Waals surface area contributed by atoms with E-state index in [0.717, 1.165) is 39.3 Å². The van der Waals surface area contributed by atoms with Crippen LogP contribution in [0, 0.1) is 0 Å². The van der Waals surface area contributed by atoms with Crippen molar-refractivity contribution in [3.63, 3.8) is 0 Å². The van der Waals surface area contributed by atoms with Gasteiger partial charge in [-0.15, -0.1) is 0 Å². The molecule has 0 N–H and O–H groups in total. The maximum absolute atomic E-state index is 5.25. The minimum atomic E-state index is 0.867. The van der Waals surface area contributed by atoms with E-state index in [0.29, 0.717) is 0 Å². The Balaban J connectivity index is 2.18. The Morgan fingerprint density at radius 3 is 2.85 bits per heavy atom.